The van der Waals surface area contributed by atoms with E-state index in [9.17, 15) is 4.79 Å². The number of hydrogen-bond donors (Lipinski definition) is 1. The SMILES string of the molecule is CC[C@@H](C)c1ccc2oc(-c3cccc(NC(=O)/C=C/c4ccc(C(C)C)cc4)c3)nc2c1. The molecule has 4 rings (SSSR count). The van der Waals surface area contributed by atoms with Crippen molar-refractivity contribution in [2.45, 2.75) is 46.0 Å². The Hall–Kier alpha value is -3.66. The number of fused-ring (bicyclic) bond motifs is 1. The van der Waals surface area contributed by atoms with Gasteiger partial charge in [-0.15, -0.1) is 0 Å². The summed E-state index contributed by atoms with van der Waals surface area (Å²) < 4.78 is 5.98. The lowest BCUT2D eigenvalue weighted by Gasteiger charge is -2.07. The van der Waals surface area contributed by atoms with Gasteiger partial charge in [-0.05, 0) is 71.4 Å². The molecule has 168 valence electrons. The van der Waals surface area contributed by atoms with Gasteiger partial charge in [-0.3, -0.25) is 4.79 Å². The van der Waals surface area contributed by atoms with Crippen LogP contribution in [0.2, 0.25) is 0 Å². The molecule has 4 nitrogen and oxygen atoms in total. The minimum Gasteiger partial charge on any atom is -0.436 e. The van der Waals surface area contributed by atoms with E-state index in [0.717, 1.165) is 28.6 Å². The van der Waals surface area contributed by atoms with Crippen LogP contribution < -0.4 is 5.32 Å². The predicted octanol–water partition coefficient (Wildman–Crippen LogP) is 7.78. The molecule has 0 unspecified atom stereocenters. The first kappa shape index (κ1) is 22.5. The highest BCUT2D eigenvalue weighted by atomic mass is 16.3. The maximum absolute atomic E-state index is 12.4. The van der Waals surface area contributed by atoms with Crippen LogP contribution in [0.5, 0.6) is 0 Å². The second kappa shape index (κ2) is 9.86. The van der Waals surface area contributed by atoms with Gasteiger partial charge in [0.1, 0.15) is 5.52 Å². The summed E-state index contributed by atoms with van der Waals surface area (Å²) in [4.78, 5) is 17.1. The molecule has 0 saturated heterocycles. The van der Waals surface area contributed by atoms with E-state index in [1.54, 1.807) is 6.08 Å². The van der Waals surface area contributed by atoms with Crippen LogP contribution in [0.4, 0.5) is 5.69 Å². The van der Waals surface area contributed by atoms with Crippen molar-refractivity contribution in [2.24, 2.45) is 0 Å². The summed E-state index contributed by atoms with van der Waals surface area (Å²) in [6, 6.07) is 22.0. The van der Waals surface area contributed by atoms with Crippen LogP contribution >= 0.6 is 0 Å². The fraction of sp³-hybridized carbons (Fsp3) is 0.241. The Labute approximate surface area is 195 Å². The van der Waals surface area contributed by atoms with E-state index in [2.05, 4.69) is 62.3 Å². The molecule has 0 radical (unpaired) electrons. The van der Waals surface area contributed by atoms with E-state index in [4.69, 9.17) is 4.42 Å². The number of carbonyl (C=O) groups excluding carboxylic acids is 1. The Morgan fingerprint density at radius 2 is 1.76 bits per heavy atom. The van der Waals surface area contributed by atoms with Gasteiger partial charge in [-0.2, -0.15) is 0 Å². The average Bonchev–Trinajstić information content (AvgIpc) is 3.26. The summed E-state index contributed by atoms with van der Waals surface area (Å²) in [5.74, 6) is 1.33. The Morgan fingerprint density at radius 3 is 2.48 bits per heavy atom. The lowest BCUT2D eigenvalue weighted by molar-refractivity contribution is -0.111. The first-order valence-corrected chi connectivity index (χ1v) is 11.5. The van der Waals surface area contributed by atoms with Gasteiger partial charge < -0.3 is 9.73 Å². The Balaban J connectivity index is 1.48. The molecule has 0 bridgehead atoms. The first-order chi connectivity index (χ1) is 15.9. The highest BCUT2D eigenvalue weighted by Gasteiger charge is 2.12. The maximum atomic E-state index is 12.4. The number of nitrogens with zero attached hydrogens (tertiary/aromatic N) is 1. The fourth-order valence-electron chi connectivity index (χ4n) is 3.69. The summed E-state index contributed by atoms with van der Waals surface area (Å²) in [5, 5.41) is 2.92. The van der Waals surface area contributed by atoms with Crippen molar-refractivity contribution in [1.82, 2.24) is 4.98 Å². The lowest BCUT2D eigenvalue weighted by atomic mass is 9.98. The molecule has 1 heterocycles. The molecule has 4 heteroatoms. The lowest BCUT2D eigenvalue weighted by Crippen LogP contribution is -2.07. The molecule has 1 atom stereocenters. The molecule has 3 aromatic carbocycles. The molecule has 0 aliphatic rings. The monoisotopic (exact) mass is 438 g/mol. The molecular weight excluding hydrogens is 408 g/mol. The normalized spacial score (nSPS) is 12.5. The standard InChI is InChI=1S/C29H30N2O2/c1-5-20(4)23-14-15-27-26(18-23)31-29(33-27)24-7-6-8-25(17-24)30-28(32)16-11-21-9-12-22(13-10-21)19(2)3/h6-20H,5H2,1-4H3,(H,30,32)/b16-11+/t20-/m1/s1. The van der Waals surface area contributed by atoms with Gasteiger partial charge in [0.25, 0.3) is 0 Å². The minimum atomic E-state index is -0.184. The van der Waals surface area contributed by atoms with Crippen LogP contribution in [0, 0.1) is 0 Å². The second-order valence-corrected chi connectivity index (χ2v) is 8.78. The number of oxazole rings is 1. The predicted molar refractivity (Wildman–Crippen MR) is 136 cm³/mol. The molecule has 33 heavy (non-hydrogen) atoms. The van der Waals surface area contributed by atoms with Crippen LogP contribution in [0.1, 0.15) is 62.6 Å². The molecule has 0 aliphatic carbocycles. The Kier molecular flexibility index (Phi) is 6.74. The zero-order valence-electron chi connectivity index (χ0n) is 19.6. The number of amides is 1. The highest BCUT2D eigenvalue weighted by molar-refractivity contribution is 6.02. The molecule has 4 aromatic rings. The molecule has 1 amide bonds. The third-order valence-electron chi connectivity index (χ3n) is 6.00. The van der Waals surface area contributed by atoms with E-state index < -0.39 is 0 Å². The molecule has 0 fully saturated rings. The first-order valence-electron chi connectivity index (χ1n) is 11.5. The van der Waals surface area contributed by atoms with E-state index in [1.165, 1.54) is 11.1 Å². The summed E-state index contributed by atoms with van der Waals surface area (Å²) in [6.45, 7) is 8.72. The van der Waals surface area contributed by atoms with Crippen molar-refractivity contribution in [2.75, 3.05) is 5.32 Å². The smallest absolute Gasteiger partial charge is 0.248 e. The molecular formula is C29H30N2O2. The zero-order chi connectivity index (χ0) is 23.4. The van der Waals surface area contributed by atoms with Crippen LogP contribution in [0.25, 0.3) is 28.6 Å². The largest absolute Gasteiger partial charge is 0.436 e. The third kappa shape index (κ3) is 5.40. The number of aromatic nitrogens is 1. The summed E-state index contributed by atoms with van der Waals surface area (Å²) in [5.41, 5.74) is 6.66. The average molecular weight is 439 g/mol. The quantitative estimate of drug-likeness (QED) is 0.300. The van der Waals surface area contributed by atoms with Crippen LogP contribution in [0.15, 0.2) is 77.2 Å². The molecule has 0 spiro atoms. The molecule has 1 aromatic heterocycles. The number of rotatable bonds is 7. The number of anilines is 1. The van der Waals surface area contributed by atoms with Gasteiger partial charge in [0.15, 0.2) is 5.58 Å². The van der Waals surface area contributed by atoms with Crippen molar-refractivity contribution >= 4 is 28.8 Å². The summed E-state index contributed by atoms with van der Waals surface area (Å²) in [6.07, 6.45) is 4.45. The van der Waals surface area contributed by atoms with Crippen molar-refractivity contribution in [1.29, 1.82) is 0 Å². The van der Waals surface area contributed by atoms with Crippen molar-refractivity contribution in [3.63, 3.8) is 0 Å². The van der Waals surface area contributed by atoms with Gasteiger partial charge in [0.2, 0.25) is 11.8 Å². The second-order valence-electron chi connectivity index (χ2n) is 8.78. The Bertz CT molecular complexity index is 1280. The summed E-state index contributed by atoms with van der Waals surface area (Å²) >= 11 is 0. The Morgan fingerprint density at radius 1 is 1.00 bits per heavy atom. The molecule has 0 saturated carbocycles. The van der Waals surface area contributed by atoms with E-state index in [0.29, 0.717) is 23.4 Å². The highest BCUT2D eigenvalue weighted by Crippen LogP contribution is 2.29. The van der Waals surface area contributed by atoms with Crippen molar-refractivity contribution in [3.8, 4) is 11.5 Å². The van der Waals surface area contributed by atoms with Crippen LogP contribution in [-0.4, -0.2) is 10.9 Å². The van der Waals surface area contributed by atoms with E-state index in [1.807, 2.05) is 48.5 Å². The summed E-state index contributed by atoms with van der Waals surface area (Å²) in [7, 11) is 0. The fourth-order valence-corrected chi connectivity index (χ4v) is 3.69. The topological polar surface area (TPSA) is 55.1 Å². The van der Waals surface area contributed by atoms with Gasteiger partial charge in [0.05, 0.1) is 0 Å². The molecule has 1 N–H and O–H groups in total. The number of nitrogens with one attached hydrogen (secondary N) is 1. The van der Waals surface area contributed by atoms with Gasteiger partial charge in [-0.25, -0.2) is 4.98 Å². The van der Waals surface area contributed by atoms with Gasteiger partial charge in [0, 0.05) is 17.3 Å². The van der Waals surface area contributed by atoms with Gasteiger partial charge >= 0.3 is 0 Å². The number of benzene rings is 3. The van der Waals surface area contributed by atoms with E-state index in [-0.39, 0.29) is 5.91 Å². The minimum absolute atomic E-state index is 0.184. The van der Waals surface area contributed by atoms with Crippen LogP contribution in [-0.2, 0) is 4.79 Å². The van der Waals surface area contributed by atoms with E-state index >= 15 is 0 Å². The van der Waals surface area contributed by atoms with Crippen molar-refractivity contribution in [3.05, 3.63) is 89.5 Å². The van der Waals surface area contributed by atoms with Crippen LogP contribution in [0.3, 0.4) is 0 Å². The number of hydrogen-bond acceptors (Lipinski definition) is 3. The maximum Gasteiger partial charge on any atom is 0.248 e. The van der Waals surface area contributed by atoms with Crippen molar-refractivity contribution < 1.29 is 9.21 Å². The number of carbonyl (C=O) groups is 1. The van der Waals surface area contributed by atoms with Gasteiger partial charge in [-0.1, -0.05) is 64.1 Å². The zero-order valence-corrected chi connectivity index (χ0v) is 19.6. The molecule has 0 aliphatic heterocycles. The third-order valence-corrected chi connectivity index (χ3v) is 6.00.